The summed E-state index contributed by atoms with van der Waals surface area (Å²) in [6.07, 6.45) is 6.61. The van der Waals surface area contributed by atoms with E-state index in [9.17, 15) is 21.0 Å². The second-order valence-corrected chi connectivity index (χ2v) is 14.6. The fourth-order valence-electron chi connectivity index (χ4n) is 6.83. The molecule has 19 heteroatoms. The van der Waals surface area contributed by atoms with Crippen LogP contribution in [0.1, 0.15) is 29.2 Å². The summed E-state index contributed by atoms with van der Waals surface area (Å²) in [4.78, 5) is 44.9. The van der Waals surface area contributed by atoms with E-state index in [1.807, 2.05) is 78.9 Å². The smallest absolute Gasteiger partial charge is 0.576 e. The van der Waals surface area contributed by atoms with Crippen molar-refractivity contribution in [2.45, 2.75) is 6.42 Å². The SMILES string of the molecule is C1=c2cccc([O][Al]([O]c3cccc4cccnc34)[O]c3cccc4cccnc34)c2=NCC1.[C-]#[N+]c1nc2c3nc(C#N)c(C#N)nc3c3nc(C#N)c(C#N)nc3c2nc1[N+]#[C-]. The molecule has 296 valence electrons. The molecule has 6 heterocycles. The number of aromatic nitrogens is 8. The maximum atomic E-state index is 9.29. The number of nitriles is 4. The van der Waals surface area contributed by atoms with Crippen LogP contribution in [0.3, 0.4) is 0 Å². The van der Waals surface area contributed by atoms with Crippen LogP contribution in [0, 0.1) is 58.5 Å². The Kier molecular flexibility index (Phi) is 10.6. The molecule has 5 aromatic heterocycles. The third-order valence-corrected chi connectivity index (χ3v) is 11.0. The predicted octanol–water partition coefficient (Wildman–Crippen LogP) is 6.21. The Morgan fingerprint density at radius 1 is 0.500 bits per heavy atom. The quantitative estimate of drug-likeness (QED) is 0.102. The van der Waals surface area contributed by atoms with Crippen LogP contribution >= 0.6 is 0 Å². The van der Waals surface area contributed by atoms with Crippen molar-refractivity contribution < 1.29 is 11.4 Å². The van der Waals surface area contributed by atoms with Gasteiger partial charge >= 0.3 is 15.1 Å². The van der Waals surface area contributed by atoms with Gasteiger partial charge in [0.1, 0.15) is 80.0 Å². The molecule has 0 radical (unpaired) electrons. The Morgan fingerprint density at radius 2 is 0.906 bits per heavy atom. The van der Waals surface area contributed by atoms with E-state index in [1.165, 1.54) is 0 Å². The largest absolute Gasteiger partial charge is 1.20 e. The average Bonchev–Trinajstić information content (AvgIpc) is 3.35. The molecule has 0 unspecified atom stereocenters. The van der Waals surface area contributed by atoms with Crippen molar-refractivity contribution in [3.8, 4) is 41.5 Å². The number of nitrogens with zero attached hydrogens (tertiary/aromatic N) is 15. The second-order valence-electron chi connectivity index (χ2n) is 13.3. The summed E-state index contributed by atoms with van der Waals surface area (Å²) in [6, 6.07) is 32.5. The molecule has 64 heavy (non-hydrogen) atoms. The van der Waals surface area contributed by atoms with Crippen LogP contribution in [0.15, 0.2) is 96.2 Å². The highest BCUT2D eigenvalue weighted by Crippen LogP contribution is 2.35. The summed E-state index contributed by atoms with van der Waals surface area (Å²) in [7, 11) is 0. The molecule has 0 bridgehead atoms. The van der Waals surface area contributed by atoms with Crippen LogP contribution in [0.2, 0.25) is 0 Å². The molecule has 18 nitrogen and oxygen atoms in total. The van der Waals surface area contributed by atoms with Crippen molar-refractivity contribution in [3.05, 3.63) is 147 Å². The first-order valence-corrected chi connectivity index (χ1v) is 20.3. The number of para-hydroxylation sites is 3. The zero-order valence-corrected chi connectivity index (χ0v) is 33.8. The van der Waals surface area contributed by atoms with Crippen LogP contribution in [-0.2, 0) is 0 Å². The van der Waals surface area contributed by atoms with Crippen LogP contribution in [0.5, 0.6) is 17.2 Å². The average molecular weight is 846 g/mol. The molecule has 0 aliphatic carbocycles. The lowest BCUT2D eigenvalue weighted by molar-refractivity contribution is 0.308. The standard InChI is InChI=1S/C18N12.C9H9NO.2C9H7NO.Al/c1-23-17-18(24-2)30-16-14-12(26-8(4-20)10(6-22)28-14)11-13(15(16)29-17)27-9(5-21)7(3-19)25-11;3*11-8-5-1-3-7-4-2-6-10-9(7)8;/h;1,3-5,11H,2,6H2;2*1-6,11H;/q;;;;+3/p-3. The monoisotopic (exact) mass is 845 g/mol. The van der Waals surface area contributed by atoms with Gasteiger partial charge in [0.25, 0.3) is 11.6 Å². The molecule has 0 atom stereocenters. The minimum atomic E-state index is -2.83. The summed E-state index contributed by atoms with van der Waals surface area (Å²) < 4.78 is 19.3. The van der Waals surface area contributed by atoms with Gasteiger partial charge in [-0.15, -0.1) is 9.97 Å². The van der Waals surface area contributed by atoms with Gasteiger partial charge in [0.2, 0.25) is 11.0 Å². The fraction of sp³-hybridized carbons (Fsp3) is 0.0444. The highest BCUT2D eigenvalue weighted by molar-refractivity contribution is 6.40. The minimum Gasteiger partial charge on any atom is -0.576 e. The number of fused-ring (bicyclic) bond motifs is 9. The van der Waals surface area contributed by atoms with Gasteiger partial charge in [-0.25, -0.2) is 19.9 Å². The van der Waals surface area contributed by atoms with Crippen molar-refractivity contribution in [2.24, 2.45) is 4.99 Å². The van der Waals surface area contributed by atoms with Crippen molar-refractivity contribution >= 4 is 87.8 Å². The van der Waals surface area contributed by atoms with Gasteiger partial charge in [-0.3, -0.25) is 15.0 Å². The van der Waals surface area contributed by atoms with Crippen LogP contribution in [0.25, 0.3) is 70.7 Å². The maximum Gasteiger partial charge on any atom is 1.20 e. The third kappa shape index (κ3) is 7.29. The molecule has 0 saturated carbocycles. The van der Waals surface area contributed by atoms with E-state index < -0.39 is 15.1 Å². The van der Waals surface area contributed by atoms with E-state index in [1.54, 1.807) is 36.7 Å². The van der Waals surface area contributed by atoms with Crippen molar-refractivity contribution in [1.29, 1.82) is 21.0 Å². The van der Waals surface area contributed by atoms with E-state index in [-0.39, 0.29) is 67.5 Å². The van der Waals surface area contributed by atoms with E-state index in [0.717, 1.165) is 45.3 Å². The van der Waals surface area contributed by atoms with Gasteiger partial charge in [-0.2, -0.15) is 21.0 Å². The molecule has 0 spiro atoms. The molecule has 4 aromatic carbocycles. The lowest BCUT2D eigenvalue weighted by Crippen LogP contribution is -2.40. The summed E-state index contributed by atoms with van der Waals surface area (Å²) in [5.74, 6) is 1.30. The topological polar surface area (TPSA) is 247 Å². The van der Waals surface area contributed by atoms with Crippen LogP contribution in [-0.4, -0.2) is 61.6 Å². The molecular weight excluding hydrogens is 826 g/mol. The van der Waals surface area contributed by atoms with Crippen molar-refractivity contribution in [3.63, 3.8) is 0 Å². The Balaban J connectivity index is 0.000000163. The first-order chi connectivity index (χ1) is 31.4. The first-order valence-electron chi connectivity index (χ1n) is 18.9. The van der Waals surface area contributed by atoms with Crippen molar-refractivity contribution in [2.75, 3.05) is 6.54 Å². The first kappa shape index (κ1) is 39.7. The Morgan fingerprint density at radius 3 is 1.36 bits per heavy atom. The van der Waals surface area contributed by atoms with E-state index in [2.05, 4.69) is 55.6 Å². The Bertz CT molecular complexity index is 3390. The zero-order valence-electron chi connectivity index (χ0n) is 32.7. The molecule has 1 aliphatic rings. The lowest BCUT2D eigenvalue weighted by atomic mass is 10.1. The lowest BCUT2D eigenvalue weighted by Gasteiger charge is -2.18. The number of rotatable bonds is 6. The highest BCUT2D eigenvalue weighted by atomic mass is 27.3. The summed E-state index contributed by atoms with van der Waals surface area (Å²) in [5, 5.41) is 41.0. The minimum absolute atomic E-state index is 0.00714. The molecular formula is C45H20AlN15O3. The molecule has 9 aromatic rings. The van der Waals surface area contributed by atoms with Crippen LogP contribution < -0.4 is 21.9 Å². The van der Waals surface area contributed by atoms with Crippen molar-refractivity contribution in [1.82, 2.24) is 39.9 Å². The second kappa shape index (κ2) is 17.1. The Labute approximate surface area is 365 Å². The third-order valence-electron chi connectivity index (χ3n) is 9.61. The predicted molar refractivity (Wildman–Crippen MR) is 229 cm³/mol. The van der Waals surface area contributed by atoms with Gasteiger partial charge in [0, 0.05) is 29.7 Å². The maximum absolute atomic E-state index is 9.29. The van der Waals surface area contributed by atoms with Gasteiger partial charge in [0.05, 0.1) is 0 Å². The molecule has 0 amide bonds. The summed E-state index contributed by atoms with van der Waals surface area (Å²) in [5.41, 5.74) is 0.330. The Hall–Kier alpha value is -9.74. The molecule has 1 aliphatic heterocycles. The molecule has 10 rings (SSSR count). The highest BCUT2D eigenvalue weighted by Gasteiger charge is 2.46. The van der Waals surface area contributed by atoms with Gasteiger partial charge < -0.3 is 21.1 Å². The summed E-state index contributed by atoms with van der Waals surface area (Å²) in [6.45, 7) is 15.2. The van der Waals surface area contributed by atoms with E-state index >= 15 is 0 Å². The number of benzene rings is 4. The van der Waals surface area contributed by atoms with Gasteiger partial charge in [-0.1, -0.05) is 67.8 Å². The molecule has 0 N–H and O–H groups in total. The fourth-order valence-corrected chi connectivity index (χ4v) is 8.17. The van der Waals surface area contributed by atoms with E-state index in [0.29, 0.717) is 17.2 Å². The van der Waals surface area contributed by atoms with Gasteiger partial charge in [-0.05, 0) is 42.0 Å². The number of hydrogen-bond donors (Lipinski definition) is 0. The molecule has 0 saturated heterocycles. The number of pyridine rings is 2. The van der Waals surface area contributed by atoms with E-state index in [4.69, 9.17) is 29.5 Å². The van der Waals surface area contributed by atoms with Crippen LogP contribution in [0.4, 0.5) is 11.6 Å². The molecule has 0 fully saturated rings. The summed E-state index contributed by atoms with van der Waals surface area (Å²) >= 11 is -2.83. The van der Waals surface area contributed by atoms with Gasteiger partial charge in [0.15, 0.2) is 22.8 Å². The number of hydrogen-bond acceptors (Lipinski definition) is 16. The normalized spacial score (nSPS) is 11.2. The zero-order chi connectivity index (χ0) is 44.2.